The molecule has 4 heterocycles. The van der Waals surface area contributed by atoms with Gasteiger partial charge in [0.05, 0.1) is 16.4 Å². The third kappa shape index (κ3) is 4.41. The summed E-state index contributed by atoms with van der Waals surface area (Å²) >= 11 is 0. The van der Waals surface area contributed by atoms with Crippen LogP contribution < -0.4 is 0 Å². The highest BCUT2D eigenvalue weighted by atomic mass is 16.3. The van der Waals surface area contributed by atoms with E-state index in [4.69, 9.17) is 18.8 Å². The van der Waals surface area contributed by atoms with E-state index < -0.39 is 0 Å². The molecule has 5 heteroatoms. The number of nitrogens with zero attached hydrogens (tertiary/aromatic N) is 3. The van der Waals surface area contributed by atoms with Gasteiger partial charge in [-0.15, -0.1) is 0 Å². The Bertz CT molecular complexity index is 3470. The summed E-state index contributed by atoms with van der Waals surface area (Å²) in [5.74, 6) is 0.569. The van der Waals surface area contributed by atoms with Crippen LogP contribution in [0.4, 0.5) is 0 Å². The van der Waals surface area contributed by atoms with Gasteiger partial charge in [0.25, 0.3) is 0 Å². The van der Waals surface area contributed by atoms with Crippen LogP contribution in [0.1, 0.15) is 0 Å². The predicted molar refractivity (Wildman–Crippen MR) is 225 cm³/mol. The van der Waals surface area contributed by atoms with E-state index in [1.807, 2.05) is 24.3 Å². The summed E-state index contributed by atoms with van der Waals surface area (Å²) in [4.78, 5) is 10.6. The molecule has 12 rings (SSSR count). The standard InChI is InChI=1S/C50H29N3O2/c1-3-13-30(14-4-1)31-23-25-33(26-24-31)46-49-47(37-20-10-12-22-42(37)54-49)52-50(51-46)53-40-21-11-9-19-36(40)45-41(53)28-27-38-44-35-18-8-7-17-34(35)39(29-43(44)55-48(38)45)32-15-5-2-6-16-32/h1-29H. The minimum atomic E-state index is 0.569. The zero-order chi connectivity index (χ0) is 36.0. The Morgan fingerprint density at radius 1 is 0.382 bits per heavy atom. The average molecular weight is 704 g/mol. The third-order valence-electron chi connectivity index (χ3n) is 11.0. The first-order chi connectivity index (χ1) is 27.3. The maximum atomic E-state index is 6.98. The van der Waals surface area contributed by atoms with Crippen molar-refractivity contribution in [2.24, 2.45) is 0 Å². The van der Waals surface area contributed by atoms with Crippen LogP contribution in [-0.4, -0.2) is 14.5 Å². The fraction of sp³-hybridized carbons (Fsp3) is 0. The Kier molecular flexibility index (Phi) is 6.27. The monoisotopic (exact) mass is 703 g/mol. The number of hydrogen-bond donors (Lipinski definition) is 0. The van der Waals surface area contributed by atoms with Crippen molar-refractivity contribution in [1.29, 1.82) is 0 Å². The third-order valence-corrected chi connectivity index (χ3v) is 11.0. The van der Waals surface area contributed by atoms with Gasteiger partial charge in [-0.3, -0.25) is 4.57 Å². The quantitative estimate of drug-likeness (QED) is 0.183. The summed E-state index contributed by atoms with van der Waals surface area (Å²) in [5.41, 5.74) is 12.2. The largest absolute Gasteiger partial charge is 0.455 e. The van der Waals surface area contributed by atoms with Crippen LogP contribution >= 0.6 is 0 Å². The minimum absolute atomic E-state index is 0.569. The van der Waals surface area contributed by atoms with Gasteiger partial charge in [-0.25, -0.2) is 9.97 Å². The second-order valence-electron chi connectivity index (χ2n) is 14.1. The molecule has 0 amide bonds. The van der Waals surface area contributed by atoms with E-state index in [1.54, 1.807) is 0 Å². The van der Waals surface area contributed by atoms with Crippen molar-refractivity contribution in [3.63, 3.8) is 0 Å². The Morgan fingerprint density at radius 3 is 1.80 bits per heavy atom. The second kappa shape index (κ2) is 11.5. The van der Waals surface area contributed by atoms with Crippen molar-refractivity contribution in [2.45, 2.75) is 0 Å². The molecule has 12 aromatic rings. The zero-order valence-electron chi connectivity index (χ0n) is 29.4. The molecule has 0 fully saturated rings. The molecule has 0 bridgehead atoms. The lowest BCUT2D eigenvalue weighted by atomic mass is 9.95. The number of fused-ring (bicyclic) bond motifs is 12. The summed E-state index contributed by atoms with van der Waals surface area (Å²) in [6, 6.07) is 61.3. The lowest BCUT2D eigenvalue weighted by molar-refractivity contribution is 0.666. The van der Waals surface area contributed by atoms with Crippen LogP contribution in [0, 0.1) is 0 Å². The molecule has 0 atom stereocenters. The van der Waals surface area contributed by atoms with Gasteiger partial charge in [0, 0.05) is 27.1 Å². The summed E-state index contributed by atoms with van der Waals surface area (Å²) in [5, 5.41) is 7.62. The van der Waals surface area contributed by atoms with Gasteiger partial charge in [0.2, 0.25) is 5.95 Å². The molecular weight excluding hydrogens is 675 g/mol. The normalized spacial score (nSPS) is 12.0. The van der Waals surface area contributed by atoms with Crippen LogP contribution in [0.25, 0.3) is 116 Å². The van der Waals surface area contributed by atoms with Gasteiger partial charge in [0.15, 0.2) is 5.58 Å². The number of aromatic nitrogens is 3. The number of para-hydroxylation sites is 2. The van der Waals surface area contributed by atoms with E-state index in [1.165, 1.54) is 10.8 Å². The Morgan fingerprint density at radius 2 is 1.00 bits per heavy atom. The highest BCUT2D eigenvalue weighted by Gasteiger charge is 2.24. The number of rotatable bonds is 4. The van der Waals surface area contributed by atoms with E-state index in [2.05, 4.69) is 156 Å². The van der Waals surface area contributed by atoms with Crippen LogP contribution in [0.5, 0.6) is 0 Å². The van der Waals surface area contributed by atoms with Crippen LogP contribution in [0.3, 0.4) is 0 Å². The molecule has 0 aliphatic carbocycles. The Labute approximate surface area is 314 Å². The predicted octanol–water partition coefficient (Wildman–Crippen LogP) is 13.5. The molecule has 4 aromatic heterocycles. The van der Waals surface area contributed by atoms with E-state index in [0.29, 0.717) is 11.5 Å². The zero-order valence-corrected chi connectivity index (χ0v) is 29.4. The molecule has 5 nitrogen and oxygen atoms in total. The molecule has 0 saturated heterocycles. The van der Waals surface area contributed by atoms with E-state index >= 15 is 0 Å². The second-order valence-corrected chi connectivity index (χ2v) is 14.1. The van der Waals surface area contributed by atoms with Gasteiger partial charge >= 0.3 is 0 Å². The lowest BCUT2D eigenvalue weighted by Gasteiger charge is -2.10. The molecule has 0 unspecified atom stereocenters. The SMILES string of the molecule is c1ccc(-c2ccc(-c3nc(-n4c5ccccc5c5c6oc7cc(-c8ccccc8)c8ccccc8c7c6ccc54)nc4c3oc3ccccc34)cc2)cc1. The van der Waals surface area contributed by atoms with Gasteiger partial charge in [-0.2, -0.15) is 0 Å². The fourth-order valence-corrected chi connectivity index (χ4v) is 8.55. The van der Waals surface area contributed by atoms with E-state index in [0.717, 1.165) is 93.7 Å². The summed E-state index contributed by atoms with van der Waals surface area (Å²) in [7, 11) is 0. The summed E-state index contributed by atoms with van der Waals surface area (Å²) < 4.78 is 15.7. The number of benzene rings is 8. The maximum Gasteiger partial charge on any atom is 0.236 e. The van der Waals surface area contributed by atoms with Crippen molar-refractivity contribution in [3.8, 4) is 39.5 Å². The minimum Gasteiger partial charge on any atom is -0.455 e. The van der Waals surface area contributed by atoms with Crippen molar-refractivity contribution in [1.82, 2.24) is 14.5 Å². The molecule has 0 radical (unpaired) electrons. The van der Waals surface area contributed by atoms with Crippen LogP contribution in [0.2, 0.25) is 0 Å². The van der Waals surface area contributed by atoms with E-state index in [-0.39, 0.29) is 0 Å². The highest BCUT2D eigenvalue weighted by Crippen LogP contribution is 2.45. The maximum absolute atomic E-state index is 6.98. The molecule has 256 valence electrons. The first-order valence-electron chi connectivity index (χ1n) is 18.5. The molecule has 0 N–H and O–H groups in total. The number of furan rings is 2. The summed E-state index contributed by atoms with van der Waals surface area (Å²) in [6.07, 6.45) is 0. The molecule has 8 aromatic carbocycles. The Hall–Kier alpha value is -7.50. The van der Waals surface area contributed by atoms with Crippen molar-refractivity contribution in [2.75, 3.05) is 0 Å². The molecule has 0 spiro atoms. The lowest BCUT2D eigenvalue weighted by Crippen LogP contribution is -2.02. The average Bonchev–Trinajstić information content (AvgIpc) is 3.93. The van der Waals surface area contributed by atoms with E-state index in [9.17, 15) is 0 Å². The topological polar surface area (TPSA) is 57.0 Å². The molecule has 0 aliphatic rings. The van der Waals surface area contributed by atoms with Crippen LogP contribution in [-0.2, 0) is 0 Å². The molecule has 0 aliphatic heterocycles. The molecule has 0 saturated carbocycles. The highest BCUT2D eigenvalue weighted by molar-refractivity contribution is 6.29. The van der Waals surface area contributed by atoms with Crippen molar-refractivity contribution < 1.29 is 8.83 Å². The summed E-state index contributed by atoms with van der Waals surface area (Å²) in [6.45, 7) is 0. The van der Waals surface area contributed by atoms with Crippen molar-refractivity contribution >= 4 is 76.6 Å². The fourth-order valence-electron chi connectivity index (χ4n) is 8.55. The van der Waals surface area contributed by atoms with Crippen molar-refractivity contribution in [3.05, 3.63) is 176 Å². The van der Waals surface area contributed by atoms with Crippen LogP contribution in [0.15, 0.2) is 185 Å². The number of hydrogen-bond acceptors (Lipinski definition) is 4. The van der Waals surface area contributed by atoms with Gasteiger partial charge in [0.1, 0.15) is 28.0 Å². The first kappa shape index (κ1) is 30.0. The Balaban J connectivity index is 1.14. The molecule has 55 heavy (non-hydrogen) atoms. The first-order valence-corrected chi connectivity index (χ1v) is 18.5. The van der Waals surface area contributed by atoms with Gasteiger partial charge in [-0.1, -0.05) is 140 Å². The smallest absolute Gasteiger partial charge is 0.236 e. The van der Waals surface area contributed by atoms with Gasteiger partial charge in [-0.05, 0) is 69.4 Å². The van der Waals surface area contributed by atoms with Gasteiger partial charge < -0.3 is 8.83 Å². The molecular formula is C50H29N3O2.